The molecule has 5 rings (SSSR count). The van der Waals surface area contributed by atoms with Crippen molar-refractivity contribution >= 4 is 16.9 Å². The lowest BCUT2D eigenvalue weighted by atomic mass is 9.90. The molecule has 1 saturated heterocycles. The molecule has 1 fully saturated rings. The van der Waals surface area contributed by atoms with Gasteiger partial charge in [-0.15, -0.1) is 10.2 Å². The molecule has 2 aromatic heterocycles. The number of carbonyl (C=O) groups is 1. The van der Waals surface area contributed by atoms with Gasteiger partial charge in [-0.2, -0.15) is 0 Å². The summed E-state index contributed by atoms with van der Waals surface area (Å²) >= 11 is 0. The largest absolute Gasteiger partial charge is 0.465 e. The third-order valence-electron chi connectivity index (χ3n) is 6.28. The number of esters is 1. The summed E-state index contributed by atoms with van der Waals surface area (Å²) in [5.41, 5.74) is 3.75. The molecule has 3 heterocycles. The fraction of sp³-hybridized carbons (Fsp3) is 0.320. The quantitative estimate of drug-likeness (QED) is 0.449. The maximum Gasteiger partial charge on any atom is 0.337 e. The van der Waals surface area contributed by atoms with Crippen LogP contribution in [0.1, 0.15) is 34.6 Å². The molecule has 0 unspecified atom stereocenters. The van der Waals surface area contributed by atoms with Gasteiger partial charge < -0.3 is 14.7 Å². The van der Waals surface area contributed by atoms with Crippen molar-refractivity contribution in [3.8, 4) is 11.5 Å². The summed E-state index contributed by atoms with van der Waals surface area (Å²) in [6.45, 7) is 2.93. The summed E-state index contributed by atoms with van der Waals surface area (Å²) in [4.78, 5) is 20.9. The summed E-state index contributed by atoms with van der Waals surface area (Å²) in [5.74, 6) is 1.98. The topological polar surface area (TPSA) is 86.9 Å². The van der Waals surface area contributed by atoms with Gasteiger partial charge in [0.25, 0.3) is 0 Å². The molecule has 0 atom stereocenters. The summed E-state index contributed by atoms with van der Waals surface area (Å²) in [6.07, 6.45) is 3.58. The van der Waals surface area contributed by atoms with E-state index in [9.17, 15) is 4.79 Å². The molecule has 32 heavy (non-hydrogen) atoms. The number of methoxy groups -OCH3 is 1. The molecular weight excluding hydrogens is 402 g/mol. The smallest absolute Gasteiger partial charge is 0.337 e. The van der Waals surface area contributed by atoms with Crippen LogP contribution < -0.4 is 0 Å². The lowest BCUT2D eigenvalue weighted by Gasteiger charge is -2.31. The lowest BCUT2D eigenvalue weighted by molar-refractivity contribution is 0.0601. The van der Waals surface area contributed by atoms with Crippen LogP contribution in [0.5, 0.6) is 0 Å². The van der Waals surface area contributed by atoms with Gasteiger partial charge in [0.15, 0.2) is 5.82 Å². The first kappa shape index (κ1) is 20.5. The van der Waals surface area contributed by atoms with E-state index in [0.29, 0.717) is 11.4 Å². The number of fused-ring (bicyclic) bond motifs is 1. The maximum absolute atomic E-state index is 11.8. The van der Waals surface area contributed by atoms with E-state index in [1.54, 1.807) is 6.07 Å². The predicted molar refractivity (Wildman–Crippen MR) is 123 cm³/mol. The predicted octanol–water partition coefficient (Wildman–Crippen LogP) is 4.19. The van der Waals surface area contributed by atoms with Gasteiger partial charge in [-0.25, -0.2) is 4.79 Å². The standard InChI is InChI=1S/C25H27N5O2/c1-32-25(31)19-7-8-21-20(14-19)15-22(26-21)24-27-23(28-29-24)16-30-11-9-18(10-12-30)13-17-5-3-2-4-6-17/h2-8,14-15,18,26H,9-13,16H2,1H3,(H,27,28,29). The van der Waals surface area contributed by atoms with Gasteiger partial charge in [0, 0.05) is 10.9 Å². The fourth-order valence-electron chi connectivity index (χ4n) is 4.50. The second kappa shape index (κ2) is 8.96. The normalized spacial score (nSPS) is 15.3. The molecule has 7 heteroatoms. The minimum Gasteiger partial charge on any atom is -0.465 e. The van der Waals surface area contributed by atoms with Crippen molar-refractivity contribution in [3.63, 3.8) is 0 Å². The molecule has 0 amide bonds. The van der Waals surface area contributed by atoms with E-state index in [-0.39, 0.29) is 5.97 Å². The van der Waals surface area contributed by atoms with E-state index in [1.807, 2.05) is 18.2 Å². The highest BCUT2D eigenvalue weighted by molar-refractivity contribution is 5.95. The van der Waals surface area contributed by atoms with Crippen LogP contribution in [0.15, 0.2) is 54.6 Å². The van der Waals surface area contributed by atoms with Crippen molar-refractivity contribution in [2.24, 2.45) is 5.92 Å². The Labute approximate surface area is 186 Å². The number of benzene rings is 2. The van der Waals surface area contributed by atoms with Crippen LogP contribution in [-0.2, 0) is 17.7 Å². The summed E-state index contributed by atoms with van der Waals surface area (Å²) in [6, 6.07) is 18.2. The van der Waals surface area contributed by atoms with E-state index in [2.05, 4.69) is 55.4 Å². The summed E-state index contributed by atoms with van der Waals surface area (Å²) in [5, 5.41) is 9.63. The number of aromatic amines is 2. The molecule has 164 valence electrons. The highest BCUT2D eigenvalue weighted by Crippen LogP contribution is 2.25. The number of hydrogen-bond acceptors (Lipinski definition) is 5. The highest BCUT2D eigenvalue weighted by atomic mass is 16.5. The first-order valence-electron chi connectivity index (χ1n) is 11.1. The van der Waals surface area contributed by atoms with Crippen LogP contribution in [-0.4, -0.2) is 51.2 Å². The van der Waals surface area contributed by atoms with E-state index >= 15 is 0 Å². The van der Waals surface area contributed by atoms with Crippen molar-refractivity contribution in [2.45, 2.75) is 25.8 Å². The molecule has 1 aliphatic rings. The van der Waals surface area contributed by atoms with Crippen molar-refractivity contribution in [1.29, 1.82) is 0 Å². The summed E-state index contributed by atoms with van der Waals surface area (Å²) in [7, 11) is 1.39. The van der Waals surface area contributed by atoms with Gasteiger partial charge >= 0.3 is 5.97 Å². The molecule has 0 aliphatic carbocycles. The number of hydrogen-bond donors (Lipinski definition) is 2. The number of nitrogens with one attached hydrogen (secondary N) is 2. The molecular formula is C25H27N5O2. The molecule has 2 aromatic carbocycles. The minimum absolute atomic E-state index is 0.343. The van der Waals surface area contributed by atoms with Gasteiger partial charge in [0.1, 0.15) is 5.82 Å². The Bertz CT molecular complexity index is 1210. The van der Waals surface area contributed by atoms with Gasteiger partial charge in [0.05, 0.1) is 24.9 Å². The number of nitrogens with zero attached hydrogens (tertiary/aromatic N) is 3. The molecule has 7 nitrogen and oxygen atoms in total. The van der Waals surface area contributed by atoms with Crippen LogP contribution >= 0.6 is 0 Å². The number of ether oxygens (including phenoxy) is 1. The molecule has 0 radical (unpaired) electrons. The van der Waals surface area contributed by atoms with Gasteiger partial charge in [0.2, 0.25) is 0 Å². The van der Waals surface area contributed by atoms with Crippen molar-refractivity contribution in [2.75, 3.05) is 20.2 Å². The Morgan fingerprint density at radius 3 is 2.66 bits per heavy atom. The zero-order valence-electron chi connectivity index (χ0n) is 18.2. The van der Waals surface area contributed by atoms with Crippen LogP contribution in [0, 0.1) is 5.92 Å². The van der Waals surface area contributed by atoms with E-state index < -0.39 is 0 Å². The monoisotopic (exact) mass is 429 g/mol. The van der Waals surface area contributed by atoms with E-state index in [1.165, 1.54) is 31.9 Å². The average Bonchev–Trinajstić information content (AvgIpc) is 3.47. The van der Waals surface area contributed by atoms with E-state index in [0.717, 1.165) is 48.0 Å². The van der Waals surface area contributed by atoms with Crippen molar-refractivity contribution in [1.82, 2.24) is 25.1 Å². The van der Waals surface area contributed by atoms with E-state index in [4.69, 9.17) is 4.74 Å². The Hall–Kier alpha value is -3.45. The minimum atomic E-state index is -0.343. The Balaban J connectivity index is 1.20. The lowest BCUT2D eigenvalue weighted by Crippen LogP contribution is -2.34. The Morgan fingerprint density at radius 1 is 1.06 bits per heavy atom. The van der Waals surface area contributed by atoms with Crippen LogP contribution in [0.3, 0.4) is 0 Å². The zero-order valence-corrected chi connectivity index (χ0v) is 18.2. The number of aromatic nitrogens is 4. The highest BCUT2D eigenvalue weighted by Gasteiger charge is 2.21. The molecule has 4 aromatic rings. The third kappa shape index (κ3) is 4.43. The SMILES string of the molecule is COC(=O)c1ccc2[nH]c(-c3nnc(CN4CCC(Cc5ccccc5)CC4)[nH]3)cc2c1. The van der Waals surface area contributed by atoms with Gasteiger partial charge in [-0.3, -0.25) is 4.90 Å². The molecule has 2 N–H and O–H groups in total. The van der Waals surface area contributed by atoms with Crippen molar-refractivity contribution < 1.29 is 9.53 Å². The fourth-order valence-corrected chi connectivity index (χ4v) is 4.50. The number of H-pyrrole nitrogens is 2. The molecule has 0 bridgehead atoms. The third-order valence-corrected chi connectivity index (χ3v) is 6.28. The Kier molecular flexibility index (Phi) is 5.73. The maximum atomic E-state index is 11.8. The molecule has 1 aliphatic heterocycles. The number of likely N-dealkylation sites (tertiary alicyclic amines) is 1. The summed E-state index contributed by atoms with van der Waals surface area (Å²) < 4.78 is 4.81. The second-order valence-electron chi connectivity index (χ2n) is 8.51. The second-order valence-corrected chi connectivity index (χ2v) is 8.51. The molecule has 0 saturated carbocycles. The van der Waals surface area contributed by atoms with Crippen LogP contribution in [0.25, 0.3) is 22.4 Å². The zero-order chi connectivity index (χ0) is 21.9. The van der Waals surface area contributed by atoms with Crippen LogP contribution in [0.2, 0.25) is 0 Å². The van der Waals surface area contributed by atoms with Crippen molar-refractivity contribution in [3.05, 3.63) is 71.5 Å². The average molecular weight is 430 g/mol. The number of carbonyl (C=O) groups excluding carboxylic acids is 1. The first-order valence-corrected chi connectivity index (χ1v) is 11.1. The Morgan fingerprint density at radius 2 is 1.88 bits per heavy atom. The van der Waals surface area contributed by atoms with Gasteiger partial charge in [-0.05, 0) is 68.1 Å². The molecule has 0 spiro atoms. The number of piperidine rings is 1. The van der Waals surface area contributed by atoms with Crippen LogP contribution in [0.4, 0.5) is 0 Å². The first-order chi connectivity index (χ1) is 15.7. The van der Waals surface area contributed by atoms with Gasteiger partial charge in [-0.1, -0.05) is 30.3 Å². The number of rotatable bonds is 6.